The zero-order valence-corrected chi connectivity index (χ0v) is 22.5. The van der Waals surface area contributed by atoms with E-state index in [2.05, 4.69) is 4.98 Å². The summed E-state index contributed by atoms with van der Waals surface area (Å²) in [5, 5.41) is 11.7. The van der Waals surface area contributed by atoms with Crippen LogP contribution in [0.3, 0.4) is 0 Å². The Kier molecular flexibility index (Phi) is 7.94. The fourth-order valence-corrected chi connectivity index (χ4v) is 5.50. The number of aliphatic hydroxyl groups is 1. The second kappa shape index (κ2) is 11.1. The number of ketones is 1. The number of ether oxygens (including phenoxy) is 2. The minimum absolute atomic E-state index is 0.0495. The van der Waals surface area contributed by atoms with Gasteiger partial charge in [-0.15, -0.1) is 11.3 Å². The molecule has 1 atom stereocenters. The molecule has 0 fully saturated rings. The van der Waals surface area contributed by atoms with Crippen molar-refractivity contribution in [2.24, 2.45) is 0 Å². The monoisotopic (exact) mass is 521 g/mol. The van der Waals surface area contributed by atoms with Crippen LogP contribution < -0.4 is 9.47 Å². The second-order valence-corrected chi connectivity index (χ2v) is 10.1. The number of hydrogen-bond acceptors (Lipinski definition) is 8. The van der Waals surface area contributed by atoms with Crippen LogP contribution in [-0.2, 0) is 4.79 Å². The van der Waals surface area contributed by atoms with Crippen molar-refractivity contribution in [1.29, 1.82) is 0 Å². The first-order valence-corrected chi connectivity index (χ1v) is 12.8. The van der Waals surface area contributed by atoms with E-state index in [1.807, 2.05) is 49.3 Å². The molecule has 194 valence electrons. The lowest BCUT2D eigenvalue weighted by atomic mass is 9.94. The number of methoxy groups -OCH3 is 2. The van der Waals surface area contributed by atoms with Gasteiger partial charge < -0.3 is 24.4 Å². The van der Waals surface area contributed by atoms with Crippen LogP contribution in [0.5, 0.6) is 11.5 Å². The molecule has 1 aliphatic rings. The average molecular weight is 522 g/mol. The van der Waals surface area contributed by atoms with Crippen LogP contribution in [-0.4, -0.2) is 73.0 Å². The summed E-state index contributed by atoms with van der Waals surface area (Å²) < 4.78 is 10.9. The fraction of sp³-hybridized carbons (Fsp3) is 0.321. The maximum atomic E-state index is 14.0. The number of benzene rings is 2. The normalized spacial score (nSPS) is 15.6. The first-order chi connectivity index (χ1) is 17.8. The lowest BCUT2D eigenvalue weighted by Crippen LogP contribution is -2.33. The van der Waals surface area contributed by atoms with Crippen LogP contribution in [0.4, 0.5) is 0 Å². The van der Waals surface area contributed by atoms with Crippen LogP contribution in [0.15, 0.2) is 59.9 Å². The lowest BCUT2D eigenvalue weighted by Gasteiger charge is -2.27. The van der Waals surface area contributed by atoms with Gasteiger partial charge in [0.15, 0.2) is 17.3 Å². The smallest absolute Gasteiger partial charge is 0.290 e. The number of nitrogens with zero attached hydrogens (tertiary/aromatic N) is 3. The SMILES string of the molecule is COc1ccc(C2C(C(=O)c3sc(-c4ccccc4)nc3C)=C(O)C(=O)N2CCCN(C)C)cc1OC. The molecule has 0 spiro atoms. The van der Waals surface area contributed by atoms with E-state index in [1.165, 1.54) is 18.4 Å². The Morgan fingerprint density at radius 2 is 1.81 bits per heavy atom. The summed E-state index contributed by atoms with van der Waals surface area (Å²) >= 11 is 1.26. The molecule has 8 nitrogen and oxygen atoms in total. The molecule has 4 rings (SSSR count). The van der Waals surface area contributed by atoms with E-state index >= 15 is 0 Å². The van der Waals surface area contributed by atoms with Crippen LogP contribution in [0, 0.1) is 6.92 Å². The maximum absolute atomic E-state index is 14.0. The highest BCUT2D eigenvalue weighted by Crippen LogP contribution is 2.43. The fourth-order valence-electron chi connectivity index (χ4n) is 4.48. The van der Waals surface area contributed by atoms with Crippen molar-refractivity contribution >= 4 is 23.0 Å². The van der Waals surface area contributed by atoms with Gasteiger partial charge in [-0.05, 0) is 51.7 Å². The Balaban J connectivity index is 1.78. The van der Waals surface area contributed by atoms with Gasteiger partial charge in [0.05, 0.1) is 36.4 Å². The zero-order chi connectivity index (χ0) is 26.7. The molecule has 3 aromatic rings. The molecule has 9 heteroatoms. The van der Waals surface area contributed by atoms with Gasteiger partial charge in [-0.25, -0.2) is 4.98 Å². The lowest BCUT2D eigenvalue weighted by molar-refractivity contribution is -0.129. The van der Waals surface area contributed by atoms with Crippen molar-refractivity contribution in [2.75, 3.05) is 41.4 Å². The van der Waals surface area contributed by atoms with E-state index in [4.69, 9.17) is 9.47 Å². The molecular formula is C28H31N3O5S. The van der Waals surface area contributed by atoms with Gasteiger partial charge in [0.25, 0.3) is 5.91 Å². The van der Waals surface area contributed by atoms with Gasteiger partial charge in [0.2, 0.25) is 5.78 Å². The number of Topliss-reactive ketones (excluding diaryl/α,β-unsaturated/α-hetero) is 1. The van der Waals surface area contributed by atoms with E-state index in [0.717, 1.165) is 12.1 Å². The second-order valence-electron chi connectivity index (χ2n) is 9.06. The van der Waals surface area contributed by atoms with Crippen molar-refractivity contribution in [3.05, 3.63) is 76.0 Å². The number of carbonyl (C=O) groups is 2. The minimum Gasteiger partial charge on any atom is -0.503 e. The van der Waals surface area contributed by atoms with E-state index in [-0.39, 0.29) is 5.57 Å². The van der Waals surface area contributed by atoms with Gasteiger partial charge >= 0.3 is 0 Å². The van der Waals surface area contributed by atoms with Crippen molar-refractivity contribution < 1.29 is 24.2 Å². The molecule has 1 aromatic heterocycles. The highest BCUT2D eigenvalue weighted by atomic mass is 32.1. The zero-order valence-electron chi connectivity index (χ0n) is 21.6. The first kappa shape index (κ1) is 26.4. The number of rotatable bonds is 10. The number of hydrogen-bond donors (Lipinski definition) is 1. The van der Waals surface area contributed by atoms with Crippen molar-refractivity contribution in [2.45, 2.75) is 19.4 Å². The molecular weight excluding hydrogens is 490 g/mol. The Hall–Kier alpha value is -3.69. The van der Waals surface area contributed by atoms with Crippen LogP contribution >= 0.6 is 11.3 Å². The summed E-state index contributed by atoms with van der Waals surface area (Å²) in [6.07, 6.45) is 0.676. The topological polar surface area (TPSA) is 92.2 Å². The van der Waals surface area contributed by atoms with E-state index in [0.29, 0.717) is 45.6 Å². The summed E-state index contributed by atoms with van der Waals surface area (Å²) in [6.45, 7) is 2.89. The van der Waals surface area contributed by atoms with E-state index in [9.17, 15) is 14.7 Å². The molecule has 37 heavy (non-hydrogen) atoms. The van der Waals surface area contributed by atoms with Gasteiger partial charge in [0, 0.05) is 12.1 Å². The Labute approximate surface area is 220 Å². The number of aliphatic hydroxyl groups excluding tert-OH is 1. The number of aryl methyl sites for hydroxylation is 1. The molecule has 1 N–H and O–H groups in total. The first-order valence-electron chi connectivity index (χ1n) is 11.9. The maximum Gasteiger partial charge on any atom is 0.290 e. The summed E-state index contributed by atoms with van der Waals surface area (Å²) in [5.74, 6) is -0.491. The molecule has 0 aliphatic carbocycles. The third-order valence-electron chi connectivity index (χ3n) is 6.30. The summed E-state index contributed by atoms with van der Waals surface area (Å²) in [4.78, 5) is 35.8. The molecule has 1 amide bonds. The third kappa shape index (κ3) is 5.23. The molecule has 2 heterocycles. The number of aromatic nitrogens is 1. The average Bonchev–Trinajstić information content (AvgIpc) is 3.41. The predicted molar refractivity (Wildman–Crippen MR) is 143 cm³/mol. The predicted octanol–water partition coefficient (Wildman–Crippen LogP) is 4.67. The quantitative estimate of drug-likeness (QED) is 0.388. The minimum atomic E-state index is -0.774. The standard InChI is InChI=1S/C28H31N3O5S/c1-17-26(37-27(29-17)18-10-7-6-8-11-18)24(32)22-23(19-12-13-20(35-4)21(16-19)36-5)31(28(34)25(22)33)15-9-14-30(2)3/h6-8,10-13,16,23,33H,9,14-15H2,1-5H3. The third-order valence-corrected chi connectivity index (χ3v) is 7.50. The molecule has 1 unspecified atom stereocenters. The largest absolute Gasteiger partial charge is 0.503 e. The van der Waals surface area contributed by atoms with Gasteiger partial charge in [-0.2, -0.15) is 0 Å². The van der Waals surface area contributed by atoms with Crippen molar-refractivity contribution in [3.63, 3.8) is 0 Å². The summed E-state index contributed by atoms with van der Waals surface area (Å²) in [6, 6.07) is 14.1. The molecule has 0 saturated heterocycles. The molecule has 1 aliphatic heterocycles. The Bertz CT molecular complexity index is 1330. The van der Waals surface area contributed by atoms with Crippen LogP contribution in [0.1, 0.15) is 33.4 Å². The van der Waals surface area contributed by atoms with Crippen molar-refractivity contribution in [3.8, 4) is 22.1 Å². The molecule has 0 bridgehead atoms. The van der Waals surface area contributed by atoms with Crippen LogP contribution in [0.25, 0.3) is 10.6 Å². The molecule has 2 aromatic carbocycles. The van der Waals surface area contributed by atoms with E-state index in [1.54, 1.807) is 37.1 Å². The molecule has 0 radical (unpaired) electrons. The number of carbonyl (C=O) groups excluding carboxylic acids is 2. The summed E-state index contributed by atoms with van der Waals surface area (Å²) in [5.41, 5.74) is 2.15. The number of amides is 1. The number of thiazole rings is 1. The highest BCUT2D eigenvalue weighted by molar-refractivity contribution is 7.17. The van der Waals surface area contributed by atoms with Gasteiger partial charge in [-0.3, -0.25) is 9.59 Å². The Morgan fingerprint density at radius 3 is 2.46 bits per heavy atom. The Morgan fingerprint density at radius 1 is 1.11 bits per heavy atom. The highest BCUT2D eigenvalue weighted by Gasteiger charge is 2.44. The van der Waals surface area contributed by atoms with Crippen molar-refractivity contribution in [1.82, 2.24) is 14.8 Å². The van der Waals surface area contributed by atoms with Crippen LogP contribution in [0.2, 0.25) is 0 Å². The summed E-state index contributed by atoms with van der Waals surface area (Å²) in [7, 11) is 6.99. The molecule has 0 saturated carbocycles. The van der Waals surface area contributed by atoms with E-state index < -0.39 is 23.5 Å². The van der Waals surface area contributed by atoms with Gasteiger partial charge in [0.1, 0.15) is 5.01 Å². The van der Waals surface area contributed by atoms with Gasteiger partial charge in [-0.1, -0.05) is 36.4 Å².